The van der Waals surface area contributed by atoms with Gasteiger partial charge in [0.2, 0.25) is 0 Å². The molecular weight excluding hydrogens is 294 g/mol. The number of para-hydroxylation sites is 1. The molecule has 3 heteroatoms. The topological polar surface area (TPSA) is 14.2 Å². The Hall–Kier alpha value is -2.45. The van der Waals surface area contributed by atoms with Crippen molar-refractivity contribution >= 4 is 33.4 Å². The summed E-state index contributed by atoms with van der Waals surface area (Å²) in [5, 5.41) is 3.11. The first-order valence-electron chi connectivity index (χ1n) is 7.11. The Morgan fingerprint density at radius 3 is 2.23 bits per heavy atom. The van der Waals surface area contributed by atoms with Crippen molar-refractivity contribution in [2.45, 2.75) is 0 Å². The quantitative estimate of drug-likeness (QED) is 0.480. The van der Waals surface area contributed by atoms with Gasteiger partial charge in [-0.3, -0.25) is 0 Å². The lowest BCUT2D eigenvalue weighted by Gasteiger charge is -2.08. The van der Waals surface area contributed by atoms with Crippen molar-refractivity contribution in [3.05, 3.63) is 71.8 Å². The number of nitrogens with zero attached hydrogens (tertiary/aromatic N) is 1. The van der Waals surface area contributed by atoms with Gasteiger partial charge in [-0.15, -0.1) is 0 Å². The second-order valence-electron chi connectivity index (χ2n) is 5.22. The van der Waals surface area contributed by atoms with E-state index in [0.717, 1.165) is 27.5 Å². The first-order valence-corrected chi connectivity index (χ1v) is 7.49. The Balaban J connectivity index is 2.20. The summed E-state index contributed by atoms with van der Waals surface area (Å²) in [5.74, 6) is 0.846. The standard InChI is InChI=1S/C19H14ClNO/c1-22-15-8-10-17-16-9-7-13(20)11-18(16)21(19(17)12-15)14-5-3-2-4-6-14/h2-12H,1H3. The van der Waals surface area contributed by atoms with Gasteiger partial charge in [0.25, 0.3) is 0 Å². The molecule has 0 radical (unpaired) electrons. The molecule has 108 valence electrons. The summed E-state index contributed by atoms with van der Waals surface area (Å²) >= 11 is 6.23. The van der Waals surface area contributed by atoms with Gasteiger partial charge < -0.3 is 9.30 Å². The highest BCUT2D eigenvalue weighted by Crippen LogP contribution is 2.35. The van der Waals surface area contributed by atoms with Crippen molar-refractivity contribution in [1.82, 2.24) is 4.57 Å². The molecule has 22 heavy (non-hydrogen) atoms. The molecule has 2 nitrogen and oxygen atoms in total. The fourth-order valence-electron chi connectivity index (χ4n) is 2.95. The monoisotopic (exact) mass is 307 g/mol. The number of fused-ring (bicyclic) bond motifs is 3. The van der Waals surface area contributed by atoms with Gasteiger partial charge in [0.05, 0.1) is 18.1 Å². The fourth-order valence-corrected chi connectivity index (χ4v) is 3.12. The molecule has 1 aromatic heterocycles. The van der Waals surface area contributed by atoms with Crippen LogP contribution >= 0.6 is 11.6 Å². The molecule has 0 bridgehead atoms. The lowest BCUT2D eigenvalue weighted by molar-refractivity contribution is 0.415. The van der Waals surface area contributed by atoms with Gasteiger partial charge in [0.15, 0.2) is 0 Å². The Labute approximate surface area is 133 Å². The summed E-state index contributed by atoms with van der Waals surface area (Å²) < 4.78 is 7.61. The van der Waals surface area contributed by atoms with E-state index in [1.807, 2.05) is 36.4 Å². The second kappa shape index (κ2) is 5.08. The minimum Gasteiger partial charge on any atom is -0.497 e. The molecule has 1 heterocycles. The molecule has 0 saturated heterocycles. The van der Waals surface area contributed by atoms with Gasteiger partial charge in [-0.25, -0.2) is 0 Å². The number of hydrogen-bond donors (Lipinski definition) is 0. The second-order valence-corrected chi connectivity index (χ2v) is 5.65. The summed E-state index contributed by atoms with van der Waals surface area (Å²) in [4.78, 5) is 0. The molecule has 0 aliphatic heterocycles. The van der Waals surface area contributed by atoms with Crippen molar-refractivity contribution in [2.75, 3.05) is 7.11 Å². The smallest absolute Gasteiger partial charge is 0.120 e. The lowest BCUT2D eigenvalue weighted by atomic mass is 10.1. The van der Waals surface area contributed by atoms with Crippen LogP contribution in [0.25, 0.3) is 27.5 Å². The molecule has 0 spiro atoms. The van der Waals surface area contributed by atoms with Crippen LogP contribution in [0.15, 0.2) is 66.7 Å². The van der Waals surface area contributed by atoms with E-state index in [0.29, 0.717) is 0 Å². The first-order chi connectivity index (χ1) is 10.8. The number of hydrogen-bond acceptors (Lipinski definition) is 1. The highest BCUT2D eigenvalue weighted by molar-refractivity contribution is 6.31. The van der Waals surface area contributed by atoms with E-state index in [1.54, 1.807) is 7.11 Å². The summed E-state index contributed by atoms with van der Waals surface area (Å²) in [5.41, 5.74) is 3.32. The number of methoxy groups -OCH3 is 1. The Bertz CT molecular complexity index is 973. The number of aromatic nitrogens is 1. The molecule has 0 amide bonds. The third kappa shape index (κ3) is 1.96. The van der Waals surface area contributed by atoms with Crippen LogP contribution in [-0.2, 0) is 0 Å². The van der Waals surface area contributed by atoms with E-state index in [1.165, 1.54) is 10.8 Å². The minimum absolute atomic E-state index is 0.736. The maximum absolute atomic E-state index is 6.23. The zero-order valence-electron chi connectivity index (χ0n) is 12.1. The van der Waals surface area contributed by atoms with Gasteiger partial charge in [0.1, 0.15) is 5.75 Å². The van der Waals surface area contributed by atoms with E-state index in [9.17, 15) is 0 Å². The van der Waals surface area contributed by atoms with E-state index in [2.05, 4.69) is 34.9 Å². The fraction of sp³-hybridized carbons (Fsp3) is 0.0526. The molecule has 0 aliphatic rings. The average molecular weight is 308 g/mol. The van der Waals surface area contributed by atoms with Crippen LogP contribution in [0.5, 0.6) is 5.75 Å². The van der Waals surface area contributed by atoms with E-state index in [-0.39, 0.29) is 0 Å². The molecule has 0 N–H and O–H groups in total. The Morgan fingerprint density at radius 1 is 0.818 bits per heavy atom. The van der Waals surface area contributed by atoms with Crippen LogP contribution in [-0.4, -0.2) is 11.7 Å². The van der Waals surface area contributed by atoms with Crippen LogP contribution in [0, 0.1) is 0 Å². The number of ether oxygens (including phenoxy) is 1. The van der Waals surface area contributed by atoms with E-state index < -0.39 is 0 Å². The minimum atomic E-state index is 0.736. The maximum atomic E-state index is 6.23. The van der Waals surface area contributed by atoms with Crippen LogP contribution < -0.4 is 4.74 Å². The molecular formula is C19H14ClNO. The van der Waals surface area contributed by atoms with Gasteiger partial charge in [-0.2, -0.15) is 0 Å². The number of halogens is 1. The first kappa shape index (κ1) is 13.2. The highest BCUT2D eigenvalue weighted by atomic mass is 35.5. The van der Waals surface area contributed by atoms with E-state index >= 15 is 0 Å². The predicted octanol–water partition coefficient (Wildman–Crippen LogP) is 5.45. The van der Waals surface area contributed by atoms with Gasteiger partial charge in [-0.05, 0) is 36.4 Å². The molecule has 0 saturated carbocycles. The Kier molecular flexibility index (Phi) is 3.05. The van der Waals surface area contributed by atoms with Crippen LogP contribution in [0.2, 0.25) is 5.02 Å². The molecule has 0 aliphatic carbocycles. The highest BCUT2D eigenvalue weighted by Gasteiger charge is 2.13. The van der Waals surface area contributed by atoms with Crippen LogP contribution in [0.1, 0.15) is 0 Å². The van der Waals surface area contributed by atoms with Crippen LogP contribution in [0.3, 0.4) is 0 Å². The summed E-state index contributed by atoms with van der Waals surface area (Å²) in [6.45, 7) is 0. The third-order valence-corrected chi connectivity index (χ3v) is 4.19. The van der Waals surface area contributed by atoms with Crippen molar-refractivity contribution in [1.29, 1.82) is 0 Å². The van der Waals surface area contributed by atoms with Crippen molar-refractivity contribution in [3.63, 3.8) is 0 Å². The van der Waals surface area contributed by atoms with Crippen molar-refractivity contribution in [3.8, 4) is 11.4 Å². The van der Waals surface area contributed by atoms with Crippen LogP contribution in [0.4, 0.5) is 0 Å². The molecule has 4 rings (SSSR count). The normalized spacial score (nSPS) is 11.2. The molecule has 0 unspecified atom stereocenters. The lowest BCUT2D eigenvalue weighted by Crippen LogP contribution is -1.93. The average Bonchev–Trinajstić information content (AvgIpc) is 2.88. The number of benzene rings is 3. The van der Waals surface area contributed by atoms with Gasteiger partial charge in [0, 0.05) is 27.5 Å². The summed E-state index contributed by atoms with van der Waals surface area (Å²) in [6.07, 6.45) is 0. The largest absolute Gasteiger partial charge is 0.497 e. The third-order valence-electron chi connectivity index (χ3n) is 3.95. The zero-order valence-corrected chi connectivity index (χ0v) is 12.8. The van der Waals surface area contributed by atoms with Gasteiger partial charge >= 0.3 is 0 Å². The number of rotatable bonds is 2. The van der Waals surface area contributed by atoms with Gasteiger partial charge in [-0.1, -0.05) is 35.9 Å². The maximum Gasteiger partial charge on any atom is 0.120 e. The summed E-state index contributed by atoms with van der Waals surface area (Å²) in [6, 6.07) is 22.5. The SMILES string of the molecule is COc1ccc2c3ccc(Cl)cc3n(-c3ccccc3)c2c1. The molecule has 3 aromatic carbocycles. The molecule has 0 atom stereocenters. The van der Waals surface area contributed by atoms with Crippen molar-refractivity contribution < 1.29 is 4.74 Å². The summed E-state index contributed by atoms with van der Waals surface area (Å²) in [7, 11) is 1.69. The molecule has 4 aromatic rings. The Morgan fingerprint density at radius 2 is 1.50 bits per heavy atom. The molecule has 0 fully saturated rings. The zero-order chi connectivity index (χ0) is 15.1. The van der Waals surface area contributed by atoms with E-state index in [4.69, 9.17) is 16.3 Å². The van der Waals surface area contributed by atoms with Crippen molar-refractivity contribution in [2.24, 2.45) is 0 Å². The predicted molar refractivity (Wildman–Crippen MR) is 92.3 cm³/mol.